The van der Waals surface area contributed by atoms with Crippen molar-refractivity contribution in [2.45, 2.75) is 0 Å². The average molecular weight is 190 g/mol. The Bertz CT molecular complexity index is 424. The zero-order chi connectivity index (χ0) is 9.97. The third-order valence-electron chi connectivity index (χ3n) is 1.92. The summed E-state index contributed by atoms with van der Waals surface area (Å²) in [7, 11) is 1.56. The fourth-order valence-electron chi connectivity index (χ4n) is 1.28. The van der Waals surface area contributed by atoms with E-state index >= 15 is 0 Å². The predicted octanol–water partition coefficient (Wildman–Crippen LogP) is 1.06. The molecule has 0 atom stereocenters. The van der Waals surface area contributed by atoms with Crippen LogP contribution in [0.25, 0.3) is 11.1 Å². The van der Waals surface area contributed by atoms with Gasteiger partial charge in [-0.05, 0) is 17.7 Å². The van der Waals surface area contributed by atoms with E-state index in [0.717, 1.165) is 11.1 Å². The first-order valence-electron chi connectivity index (χ1n) is 4.11. The number of nitrogens with two attached hydrogens (primary N) is 1. The molecule has 0 fully saturated rings. The summed E-state index contributed by atoms with van der Waals surface area (Å²) in [6.07, 6.45) is 3.39. The summed E-state index contributed by atoms with van der Waals surface area (Å²) in [6, 6.07) is 3.70. The van der Waals surface area contributed by atoms with Crippen molar-refractivity contribution in [1.29, 1.82) is 0 Å². The quantitative estimate of drug-likeness (QED) is 0.742. The number of nitrogens with one attached hydrogen (secondary N) is 1. The van der Waals surface area contributed by atoms with Crippen LogP contribution >= 0.6 is 0 Å². The molecule has 0 amide bonds. The van der Waals surface area contributed by atoms with E-state index in [-0.39, 0.29) is 0 Å². The summed E-state index contributed by atoms with van der Waals surface area (Å²) in [5.41, 5.74) is 7.44. The Morgan fingerprint density at radius 3 is 2.71 bits per heavy atom. The average Bonchev–Trinajstić information content (AvgIpc) is 2.61. The van der Waals surface area contributed by atoms with Gasteiger partial charge in [-0.2, -0.15) is 0 Å². The SMILES string of the molecule is COc1n[nH]c(N)c1-c1ccncc1. The third-order valence-corrected chi connectivity index (χ3v) is 1.92. The molecule has 0 aliphatic carbocycles. The van der Waals surface area contributed by atoms with E-state index in [1.165, 1.54) is 0 Å². The topological polar surface area (TPSA) is 76.8 Å². The number of hydrogen-bond acceptors (Lipinski definition) is 4. The normalized spacial score (nSPS) is 10.1. The van der Waals surface area contributed by atoms with Gasteiger partial charge < -0.3 is 10.5 Å². The molecule has 3 N–H and O–H groups in total. The second kappa shape index (κ2) is 3.37. The van der Waals surface area contributed by atoms with Crippen molar-refractivity contribution in [3.8, 4) is 17.0 Å². The summed E-state index contributed by atoms with van der Waals surface area (Å²) in [5.74, 6) is 0.988. The van der Waals surface area contributed by atoms with Gasteiger partial charge in [-0.3, -0.25) is 10.1 Å². The molecule has 2 heterocycles. The monoisotopic (exact) mass is 190 g/mol. The lowest BCUT2D eigenvalue weighted by Crippen LogP contribution is -1.89. The molecule has 0 unspecified atom stereocenters. The van der Waals surface area contributed by atoms with Gasteiger partial charge in [0.05, 0.1) is 12.7 Å². The van der Waals surface area contributed by atoms with Crippen molar-refractivity contribution < 1.29 is 4.74 Å². The van der Waals surface area contributed by atoms with Crippen molar-refractivity contribution in [1.82, 2.24) is 15.2 Å². The highest BCUT2D eigenvalue weighted by Crippen LogP contribution is 2.32. The van der Waals surface area contributed by atoms with E-state index < -0.39 is 0 Å². The molecule has 72 valence electrons. The van der Waals surface area contributed by atoms with Gasteiger partial charge in [0, 0.05) is 12.4 Å². The Kier molecular flexibility index (Phi) is 2.06. The van der Waals surface area contributed by atoms with E-state index in [4.69, 9.17) is 10.5 Å². The van der Waals surface area contributed by atoms with Crippen LogP contribution < -0.4 is 10.5 Å². The highest BCUT2D eigenvalue weighted by molar-refractivity contribution is 5.78. The number of nitrogen functional groups attached to an aromatic ring is 1. The third kappa shape index (κ3) is 1.28. The van der Waals surface area contributed by atoms with E-state index in [9.17, 15) is 0 Å². The summed E-state index contributed by atoms with van der Waals surface area (Å²) in [4.78, 5) is 3.93. The molecule has 0 bridgehead atoms. The van der Waals surface area contributed by atoms with Crippen LogP contribution in [0.1, 0.15) is 0 Å². The molecule has 0 aliphatic heterocycles. The Balaban J connectivity index is 2.55. The maximum Gasteiger partial charge on any atom is 0.242 e. The highest BCUT2D eigenvalue weighted by Gasteiger charge is 2.12. The van der Waals surface area contributed by atoms with Crippen molar-refractivity contribution in [3.05, 3.63) is 24.5 Å². The first-order valence-corrected chi connectivity index (χ1v) is 4.11. The van der Waals surface area contributed by atoms with Crippen LogP contribution in [0.4, 0.5) is 5.82 Å². The number of pyridine rings is 1. The Labute approximate surface area is 80.9 Å². The molecule has 0 aliphatic rings. The summed E-state index contributed by atoms with van der Waals surface area (Å²) < 4.78 is 5.08. The minimum Gasteiger partial charge on any atom is -0.479 e. The maximum absolute atomic E-state index is 5.73. The Morgan fingerprint density at radius 2 is 2.07 bits per heavy atom. The minimum atomic E-state index is 0.494. The van der Waals surface area contributed by atoms with E-state index in [2.05, 4.69) is 15.2 Å². The van der Waals surface area contributed by atoms with Gasteiger partial charge in [-0.15, -0.1) is 5.10 Å². The number of anilines is 1. The van der Waals surface area contributed by atoms with Gasteiger partial charge in [-0.25, -0.2) is 0 Å². The highest BCUT2D eigenvalue weighted by atomic mass is 16.5. The van der Waals surface area contributed by atoms with Crippen LogP contribution in [-0.2, 0) is 0 Å². The van der Waals surface area contributed by atoms with Gasteiger partial charge in [0.25, 0.3) is 0 Å². The molecule has 2 aromatic rings. The molecule has 0 saturated carbocycles. The van der Waals surface area contributed by atoms with Gasteiger partial charge in [0.15, 0.2) is 0 Å². The maximum atomic E-state index is 5.73. The lowest BCUT2D eigenvalue weighted by Gasteiger charge is -2.01. The molecule has 0 radical (unpaired) electrons. The summed E-state index contributed by atoms with van der Waals surface area (Å²) in [6.45, 7) is 0. The van der Waals surface area contributed by atoms with Crippen molar-refractivity contribution in [3.63, 3.8) is 0 Å². The second-order valence-electron chi connectivity index (χ2n) is 2.76. The number of rotatable bonds is 2. The molecule has 14 heavy (non-hydrogen) atoms. The molecule has 2 aromatic heterocycles. The zero-order valence-corrected chi connectivity index (χ0v) is 7.69. The number of nitrogens with zero attached hydrogens (tertiary/aromatic N) is 2. The van der Waals surface area contributed by atoms with E-state index in [1.54, 1.807) is 19.5 Å². The number of aromatic amines is 1. The fourth-order valence-corrected chi connectivity index (χ4v) is 1.28. The molecular weight excluding hydrogens is 180 g/mol. The number of ether oxygens (including phenoxy) is 1. The van der Waals surface area contributed by atoms with Crippen molar-refractivity contribution >= 4 is 5.82 Å². The van der Waals surface area contributed by atoms with Crippen LogP contribution in [-0.4, -0.2) is 22.3 Å². The molecule has 5 nitrogen and oxygen atoms in total. The van der Waals surface area contributed by atoms with Crippen molar-refractivity contribution in [2.75, 3.05) is 12.8 Å². The second-order valence-corrected chi connectivity index (χ2v) is 2.76. The molecule has 2 rings (SSSR count). The van der Waals surface area contributed by atoms with Gasteiger partial charge >= 0.3 is 0 Å². The first kappa shape index (κ1) is 8.55. The molecule has 0 spiro atoms. The van der Waals surface area contributed by atoms with Gasteiger partial charge in [0.2, 0.25) is 5.88 Å². The lowest BCUT2D eigenvalue weighted by atomic mass is 10.1. The predicted molar refractivity (Wildman–Crippen MR) is 52.8 cm³/mol. The van der Waals surface area contributed by atoms with Crippen molar-refractivity contribution in [2.24, 2.45) is 0 Å². The molecule has 5 heteroatoms. The first-order chi connectivity index (χ1) is 6.83. The summed E-state index contributed by atoms with van der Waals surface area (Å²) >= 11 is 0. The summed E-state index contributed by atoms with van der Waals surface area (Å²) in [5, 5.41) is 6.59. The van der Waals surface area contributed by atoms with Gasteiger partial charge in [-0.1, -0.05) is 0 Å². The molecule has 0 aromatic carbocycles. The van der Waals surface area contributed by atoms with Crippen LogP contribution in [0.5, 0.6) is 5.88 Å². The fraction of sp³-hybridized carbons (Fsp3) is 0.111. The smallest absolute Gasteiger partial charge is 0.242 e. The van der Waals surface area contributed by atoms with E-state index in [0.29, 0.717) is 11.7 Å². The minimum absolute atomic E-state index is 0.494. The Hall–Kier alpha value is -2.04. The standard InChI is InChI=1S/C9H10N4O/c1-14-9-7(8(10)12-13-9)6-2-4-11-5-3-6/h2-5H,1H3,(H3,10,12,13). The zero-order valence-electron chi connectivity index (χ0n) is 7.69. The molecule has 0 saturated heterocycles. The number of aromatic nitrogens is 3. The van der Waals surface area contributed by atoms with Crippen LogP contribution in [0.15, 0.2) is 24.5 Å². The number of hydrogen-bond donors (Lipinski definition) is 2. The largest absolute Gasteiger partial charge is 0.479 e. The molecular formula is C9H10N4O. The number of methoxy groups -OCH3 is 1. The van der Waals surface area contributed by atoms with Gasteiger partial charge in [0.1, 0.15) is 5.82 Å². The van der Waals surface area contributed by atoms with Crippen LogP contribution in [0.3, 0.4) is 0 Å². The van der Waals surface area contributed by atoms with Crippen LogP contribution in [0.2, 0.25) is 0 Å². The Morgan fingerprint density at radius 1 is 1.36 bits per heavy atom. The number of H-pyrrole nitrogens is 1. The van der Waals surface area contributed by atoms with Crippen LogP contribution in [0, 0.1) is 0 Å². The lowest BCUT2D eigenvalue weighted by molar-refractivity contribution is 0.398. The van der Waals surface area contributed by atoms with E-state index in [1.807, 2.05) is 12.1 Å².